The lowest BCUT2D eigenvalue weighted by Crippen LogP contribution is -1.84. The van der Waals surface area contributed by atoms with Gasteiger partial charge in [0.1, 0.15) is 5.82 Å². The first-order valence-corrected chi connectivity index (χ1v) is 3.76. The predicted molar refractivity (Wildman–Crippen MR) is 42.1 cm³/mol. The molecule has 56 valence electrons. The summed E-state index contributed by atoms with van der Waals surface area (Å²) in [5.74, 6) is 1.12. The van der Waals surface area contributed by atoms with Crippen LogP contribution >= 0.6 is 0 Å². The number of imidazole rings is 1. The molecule has 1 aromatic rings. The molecule has 1 heterocycles. The van der Waals surface area contributed by atoms with Crippen molar-refractivity contribution in [2.75, 3.05) is 0 Å². The molecule has 0 saturated heterocycles. The van der Waals surface area contributed by atoms with Gasteiger partial charge in [0, 0.05) is 12.1 Å². The van der Waals surface area contributed by atoms with Gasteiger partial charge in [-0.15, -0.1) is 0 Å². The zero-order valence-electron chi connectivity index (χ0n) is 6.86. The van der Waals surface area contributed by atoms with E-state index in [-0.39, 0.29) is 0 Å². The third-order valence-electron chi connectivity index (χ3n) is 1.66. The predicted octanol–water partition coefficient (Wildman–Crippen LogP) is 1.98. The molecule has 1 aromatic heterocycles. The van der Waals surface area contributed by atoms with Crippen molar-refractivity contribution in [3.05, 3.63) is 17.2 Å². The summed E-state index contributed by atoms with van der Waals surface area (Å²) in [5.41, 5.74) is 2.33. The number of hydrogen-bond donors (Lipinski definition) is 1. The Morgan fingerprint density at radius 2 is 2.10 bits per heavy atom. The summed E-state index contributed by atoms with van der Waals surface area (Å²) < 4.78 is 0. The first kappa shape index (κ1) is 7.32. The van der Waals surface area contributed by atoms with Crippen LogP contribution in [-0.4, -0.2) is 9.97 Å². The van der Waals surface area contributed by atoms with Crippen molar-refractivity contribution >= 4 is 0 Å². The second-order valence-corrected chi connectivity index (χ2v) is 2.64. The van der Waals surface area contributed by atoms with E-state index in [4.69, 9.17) is 0 Å². The Labute approximate surface area is 61.7 Å². The maximum Gasteiger partial charge on any atom is 0.106 e. The molecule has 0 radical (unpaired) electrons. The maximum absolute atomic E-state index is 4.34. The van der Waals surface area contributed by atoms with Crippen LogP contribution in [0.4, 0.5) is 0 Å². The highest BCUT2D eigenvalue weighted by molar-refractivity contribution is 5.10. The average molecular weight is 138 g/mol. The zero-order chi connectivity index (χ0) is 7.56. The third-order valence-corrected chi connectivity index (χ3v) is 1.66. The fraction of sp³-hybridized carbons (Fsp3) is 0.625. The van der Waals surface area contributed by atoms with Crippen LogP contribution in [0.3, 0.4) is 0 Å². The summed E-state index contributed by atoms with van der Waals surface area (Å²) in [6.45, 7) is 6.25. The van der Waals surface area contributed by atoms with Crippen molar-refractivity contribution in [3.8, 4) is 0 Å². The van der Waals surface area contributed by atoms with Gasteiger partial charge in [0.05, 0.1) is 5.69 Å². The van der Waals surface area contributed by atoms with Crippen molar-refractivity contribution < 1.29 is 0 Å². The van der Waals surface area contributed by atoms with E-state index >= 15 is 0 Å². The molecule has 0 bridgehead atoms. The number of aromatic nitrogens is 2. The minimum Gasteiger partial charge on any atom is -0.346 e. The second-order valence-electron chi connectivity index (χ2n) is 2.64. The van der Waals surface area contributed by atoms with Gasteiger partial charge in [-0.3, -0.25) is 0 Å². The summed E-state index contributed by atoms with van der Waals surface area (Å²) in [4.78, 5) is 7.58. The number of nitrogens with zero attached hydrogens (tertiary/aromatic N) is 1. The number of aryl methyl sites for hydroxylation is 3. The van der Waals surface area contributed by atoms with Crippen molar-refractivity contribution in [2.24, 2.45) is 0 Å². The summed E-state index contributed by atoms with van der Waals surface area (Å²) in [5, 5.41) is 0. The smallest absolute Gasteiger partial charge is 0.106 e. The van der Waals surface area contributed by atoms with E-state index in [1.807, 2.05) is 6.92 Å². The summed E-state index contributed by atoms with van der Waals surface area (Å²) in [6.07, 6.45) is 2.22. The number of H-pyrrole nitrogens is 1. The Kier molecular flexibility index (Phi) is 2.10. The maximum atomic E-state index is 4.34. The van der Waals surface area contributed by atoms with Gasteiger partial charge < -0.3 is 4.98 Å². The fourth-order valence-corrected chi connectivity index (χ4v) is 0.976. The molecule has 0 spiro atoms. The van der Waals surface area contributed by atoms with Crippen LogP contribution in [0.2, 0.25) is 0 Å². The van der Waals surface area contributed by atoms with Gasteiger partial charge in [0.2, 0.25) is 0 Å². The minimum absolute atomic E-state index is 1.06. The molecule has 0 aromatic carbocycles. The normalized spacial score (nSPS) is 10.3. The molecule has 0 aliphatic heterocycles. The monoisotopic (exact) mass is 138 g/mol. The zero-order valence-corrected chi connectivity index (χ0v) is 6.86. The number of aromatic amines is 1. The molecule has 2 nitrogen and oxygen atoms in total. The summed E-state index contributed by atoms with van der Waals surface area (Å²) in [6, 6.07) is 0. The van der Waals surface area contributed by atoms with E-state index in [0.717, 1.165) is 24.4 Å². The largest absolute Gasteiger partial charge is 0.346 e. The Morgan fingerprint density at radius 3 is 2.50 bits per heavy atom. The summed E-state index contributed by atoms with van der Waals surface area (Å²) >= 11 is 0. The Balaban J connectivity index is 2.77. The van der Waals surface area contributed by atoms with E-state index in [9.17, 15) is 0 Å². The number of hydrogen-bond acceptors (Lipinski definition) is 1. The van der Waals surface area contributed by atoms with Crippen molar-refractivity contribution in [3.63, 3.8) is 0 Å². The van der Waals surface area contributed by atoms with E-state index < -0.39 is 0 Å². The Hall–Kier alpha value is -0.790. The lowest BCUT2D eigenvalue weighted by Gasteiger charge is -1.87. The lowest BCUT2D eigenvalue weighted by atomic mass is 10.3. The lowest BCUT2D eigenvalue weighted by molar-refractivity contribution is 0.852. The molecular formula is C8H14N2. The Morgan fingerprint density at radius 1 is 1.40 bits per heavy atom. The van der Waals surface area contributed by atoms with Crippen molar-refractivity contribution in [1.82, 2.24) is 9.97 Å². The molecule has 0 unspecified atom stereocenters. The highest BCUT2D eigenvalue weighted by Crippen LogP contribution is 2.03. The Bertz CT molecular complexity index is 194. The SMILES string of the molecule is CCCc1nc(C)c(C)[nH]1. The topological polar surface area (TPSA) is 28.7 Å². The quantitative estimate of drug-likeness (QED) is 0.665. The van der Waals surface area contributed by atoms with Crippen LogP contribution in [0, 0.1) is 13.8 Å². The number of nitrogens with one attached hydrogen (secondary N) is 1. The van der Waals surface area contributed by atoms with Gasteiger partial charge >= 0.3 is 0 Å². The molecule has 0 atom stereocenters. The van der Waals surface area contributed by atoms with E-state index in [1.165, 1.54) is 5.69 Å². The van der Waals surface area contributed by atoms with Gasteiger partial charge in [-0.1, -0.05) is 6.92 Å². The van der Waals surface area contributed by atoms with Crippen LogP contribution in [0.1, 0.15) is 30.6 Å². The first-order chi connectivity index (χ1) is 4.74. The average Bonchev–Trinajstić information content (AvgIpc) is 2.14. The standard InChI is InChI=1S/C8H14N2/c1-4-5-8-9-6(2)7(3)10-8/h4-5H2,1-3H3,(H,9,10). The van der Waals surface area contributed by atoms with Crippen LogP contribution in [0.15, 0.2) is 0 Å². The highest BCUT2D eigenvalue weighted by atomic mass is 14.9. The number of rotatable bonds is 2. The summed E-state index contributed by atoms with van der Waals surface area (Å²) in [7, 11) is 0. The van der Waals surface area contributed by atoms with Crippen LogP contribution in [0.5, 0.6) is 0 Å². The molecule has 0 aliphatic rings. The molecular weight excluding hydrogens is 124 g/mol. The van der Waals surface area contributed by atoms with Gasteiger partial charge in [-0.2, -0.15) is 0 Å². The molecule has 10 heavy (non-hydrogen) atoms. The first-order valence-electron chi connectivity index (χ1n) is 3.76. The molecule has 1 rings (SSSR count). The van der Waals surface area contributed by atoms with E-state index in [1.54, 1.807) is 0 Å². The van der Waals surface area contributed by atoms with Crippen LogP contribution in [-0.2, 0) is 6.42 Å². The van der Waals surface area contributed by atoms with Crippen molar-refractivity contribution in [1.29, 1.82) is 0 Å². The van der Waals surface area contributed by atoms with Gasteiger partial charge in [-0.05, 0) is 20.3 Å². The molecule has 0 fully saturated rings. The van der Waals surface area contributed by atoms with Gasteiger partial charge in [0.15, 0.2) is 0 Å². The molecule has 0 saturated carbocycles. The fourth-order valence-electron chi connectivity index (χ4n) is 0.976. The van der Waals surface area contributed by atoms with Gasteiger partial charge in [0.25, 0.3) is 0 Å². The minimum atomic E-state index is 1.06. The highest BCUT2D eigenvalue weighted by Gasteiger charge is 1.99. The molecule has 0 aliphatic carbocycles. The van der Waals surface area contributed by atoms with Crippen LogP contribution < -0.4 is 0 Å². The van der Waals surface area contributed by atoms with E-state index in [2.05, 4.69) is 23.8 Å². The molecule has 2 heteroatoms. The molecule has 1 N–H and O–H groups in total. The van der Waals surface area contributed by atoms with Gasteiger partial charge in [-0.25, -0.2) is 4.98 Å². The second kappa shape index (κ2) is 2.86. The third kappa shape index (κ3) is 1.38. The van der Waals surface area contributed by atoms with Crippen LogP contribution in [0.25, 0.3) is 0 Å². The van der Waals surface area contributed by atoms with E-state index in [0.29, 0.717) is 0 Å². The van der Waals surface area contributed by atoms with Crippen molar-refractivity contribution in [2.45, 2.75) is 33.6 Å². The molecule has 0 amide bonds.